The van der Waals surface area contributed by atoms with Crippen LogP contribution < -0.4 is 5.56 Å². The smallest absolute Gasteiger partial charge is 0.319 e. The summed E-state index contributed by atoms with van der Waals surface area (Å²) in [6, 6.07) is 10.1. The number of carbonyl (C=O) groups is 1. The minimum Gasteiger partial charge on any atom is -0.468 e. The Morgan fingerprint density at radius 1 is 1.41 bits per heavy atom. The Morgan fingerprint density at radius 2 is 2.15 bits per heavy atom. The first kappa shape index (κ1) is 20.0. The van der Waals surface area contributed by atoms with Crippen LogP contribution in [0.3, 0.4) is 0 Å². The van der Waals surface area contributed by atoms with Crippen molar-refractivity contribution in [3.63, 3.8) is 0 Å². The zero-order chi connectivity index (χ0) is 19.4. The highest BCUT2D eigenvalue weighted by Crippen LogP contribution is 2.35. The van der Waals surface area contributed by atoms with Gasteiger partial charge in [-0.25, -0.2) is 4.98 Å². The van der Waals surface area contributed by atoms with Gasteiger partial charge in [-0.2, -0.15) is 0 Å². The van der Waals surface area contributed by atoms with Crippen LogP contribution in [0.1, 0.15) is 31.5 Å². The fourth-order valence-electron chi connectivity index (χ4n) is 3.06. The Labute approximate surface area is 167 Å². The number of aromatic nitrogens is 2. The molecule has 0 radical (unpaired) electrons. The minimum absolute atomic E-state index is 0.00694. The van der Waals surface area contributed by atoms with Gasteiger partial charge >= 0.3 is 5.97 Å². The molecule has 1 aromatic heterocycles. The molecule has 1 aromatic carbocycles. The third-order valence-electron chi connectivity index (χ3n) is 4.51. The van der Waals surface area contributed by atoms with Gasteiger partial charge in [-0.3, -0.25) is 14.2 Å². The van der Waals surface area contributed by atoms with Crippen molar-refractivity contribution < 1.29 is 9.53 Å². The summed E-state index contributed by atoms with van der Waals surface area (Å²) < 4.78 is 6.63. The Morgan fingerprint density at radius 3 is 2.81 bits per heavy atom. The maximum Gasteiger partial charge on any atom is 0.319 e. The van der Waals surface area contributed by atoms with Gasteiger partial charge in [0.15, 0.2) is 5.16 Å². The van der Waals surface area contributed by atoms with Gasteiger partial charge < -0.3 is 4.74 Å². The van der Waals surface area contributed by atoms with E-state index in [2.05, 4.69) is 19.1 Å². The highest BCUT2D eigenvalue weighted by molar-refractivity contribution is 8.00. The van der Waals surface area contributed by atoms with E-state index in [1.807, 2.05) is 25.1 Å². The van der Waals surface area contributed by atoms with Crippen molar-refractivity contribution in [3.8, 4) is 0 Å². The average Bonchev–Trinajstić information content (AvgIpc) is 3.06. The lowest BCUT2D eigenvalue weighted by Gasteiger charge is -2.17. The molecule has 0 amide bonds. The van der Waals surface area contributed by atoms with Crippen LogP contribution in [0.4, 0.5) is 0 Å². The molecule has 0 aliphatic carbocycles. The van der Waals surface area contributed by atoms with Crippen molar-refractivity contribution in [2.24, 2.45) is 0 Å². The predicted molar refractivity (Wildman–Crippen MR) is 110 cm³/mol. The fourth-order valence-corrected chi connectivity index (χ4v) is 5.26. The van der Waals surface area contributed by atoms with E-state index >= 15 is 0 Å². The van der Waals surface area contributed by atoms with Crippen molar-refractivity contribution in [2.75, 3.05) is 7.11 Å². The van der Waals surface area contributed by atoms with E-state index in [1.54, 1.807) is 16.3 Å². The highest BCUT2D eigenvalue weighted by Gasteiger charge is 2.28. The zero-order valence-electron chi connectivity index (χ0n) is 15.8. The van der Waals surface area contributed by atoms with Crippen LogP contribution in [-0.2, 0) is 28.9 Å². The molecule has 3 rings (SSSR count). The van der Waals surface area contributed by atoms with E-state index in [0.29, 0.717) is 23.4 Å². The molecule has 2 atom stereocenters. The molecule has 2 aromatic rings. The van der Waals surface area contributed by atoms with Crippen molar-refractivity contribution >= 4 is 29.5 Å². The second kappa shape index (κ2) is 8.97. The molecule has 0 unspecified atom stereocenters. The maximum atomic E-state index is 13.1. The van der Waals surface area contributed by atoms with Gasteiger partial charge in [-0.15, -0.1) is 11.8 Å². The number of hydrogen-bond acceptors (Lipinski definition) is 6. The van der Waals surface area contributed by atoms with Crippen molar-refractivity contribution in [1.29, 1.82) is 0 Å². The van der Waals surface area contributed by atoms with Crippen LogP contribution in [0.2, 0.25) is 0 Å². The first-order valence-corrected chi connectivity index (χ1v) is 10.9. The molecule has 2 heterocycles. The molecular weight excluding hydrogens is 380 g/mol. The van der Waals surface area contributed by atoms with Crippen molar-refractivity contribution in [1.82, 2.24) is 9.55 Å². The average molecular weight is 405 g/mol. The summed E-state index contributed by atoms with van der Waals surface area (Å²) >= 11 is 2.93. The summed E-state index contributed by atoms with van der Waals surface area (Å²) in [6.07, 6.45) is 2.15. The van der Waals surface area contributed by atoms with E-state index in [-0.39, 0.29) is 16.8 Å². The molecule has 1 aliphatic rings. The van der Waals surface area contributed by atoms with Gasteiger partial charge in [0.05, 0.1) is 17.7 Å². The van der Waals surface area contributed by atoms with Crippen LogP contribution >= 0.6 is 23.5 Å². The Hall–Kier alpha value is -1.73. The molecule has 0 saturated heterocycles. The summed E-state index contributed by atoms with van der Waals surface area (Å²) in [7, 11) is 1.39. The first-order valence-electron chi connectivity index (χ1n) is 9.12. The van der Waals surface area contributed by atoms with Crippen LogP contribution in [-0.4, -0.2) is 33.1 Å². The van der Waals surface area contributed by atoms with Crippen LogP contribution in [0.25, 0.3) is 0 Å². The second-order valence-electron chi connectivity index (χ2n) is 6.53. The Bertz CT molecular complexity index is 868. The molecule has 0 fully saturated rings. The van der Waals surface area contributed by atoms with Crippen molar-refractivity contribution in [3.05, 3.63) is 51.9 Å². The van der Waals surface area contributed by atoms with E-state index in [0.717, 1.165) is 23.4 Å². The normalized spacial score (nSPS) is 16.8. The quantitative estimate of drug-likeness (QED) is 0.399. The maximum absolute atomic E-state index is 13.1. The molecule has 0 spiro atoms. The number of benzene rings is 1. The van der Waals surface area contributed by atoms with E-state index < -0.39 is 0 Å². The first-order chi connectivity index (χ1) is 13.0. The van der Waals surface area contributed by atoms with Crippen LogP contribution in [0, 0.1) is 0 Å². The molecule has 0 bridgehead atoms. The third kappa shape index (κ3) is 4.58. The Kier molecular flexibility index (Phi) is 6.65. The number of thioether (sulfide) groups is 2. The van der Waals surface area contributed by atoms with Crippen LogP contribution in [0.5, 0.6) is 0 Å². The number of ether oxygens (including phenoxy) is 1. The number of aryl methyl sites for hydroxylation is 1. The molecule has 5 nitrogen and oxygen atoms in total. The van der Waals surface area contributed by atoms with E-state index in [4.69, 9.17) is 9.72 Å². The van der Waals surface area contributed by atoms with Gasteiger partial charge in [-0.05, 0) is 18.4 Å². The zero-order valence-corrected chi connectivity index (χ0v) is 17.4. The third-order valence-corrected chi connectivity index (χ3v) is 7.06. The number of carbonyl (C=O) groups excluding carboxylic acids is 1. The monoisotopic (exact) mass is 404 g/mol. The number of hydrogen-bond donors (Lipinski definition) is 0. The topological polar surface area (TPSA) is 61.2 Å². The van der Waals surface area contributed by atoms with Crippen molar-refractivity contribution in [2.45, 2.75) is 60.2 Å². The molecule has 0 N–H and O–H groups in total. The number of nitrogens with zero attached hydrogens (tertiary/aromatic N) is 2. The molecule has 0 saturated carbocycles. The van der Waals surface area contributed by atoms with Gasteiger partial charge in [0.1, 0.15) is 5.25 Å². The minimum atomic E-state index is -0.366. The van der Waals surface area contributed by atoms with Gasteiger partial charge in [-0.1, -0.05) is 55.9 Å². The number of fused-ring (bicyclic) bond motifs is 1. The largest absolute Gasteiger partial charge is 0.468 e. The van der Waals surface area contributed by atoms with Crippen LogP contribution in [0.15, 0.2) is 45.2 Å². The van der Waals surface area contributed by atoms with Gasteiger partial charge in [0.25, 0.3) is 5.56 Å². The number of methoxy groups -OCH3 is 1. The SMILES string of the molecule is CC[C@@H](Sc1nc2c(c(=O)n1CCc1ccccc1)S[C@H](C)C2)C(=O)OC. The Balaban J connectivity index is 1.94. The summed E-state index contributed by atoms with van der Waals surface area (Å²) in [6.45, 7) is 4.58. The second-order valence-corrected chi connectivity index (χ2v) is 9.15. The molecule has 27 heavy (non-hydrogen) atoms. The molecule has 7 heteroatoms. The summed E-state index contributed by atoms with van der Waals surface area (Å²) in [4.78, 5) is 30.7. The predicted octanol–water partition coefficient (Wildman–Crippen LogP) is 3.57. The number of esters is 1. The molecular formula is C20H24N2O3S2. The fraction of sp³-hybridized carbons (Fsp3) is 0.450. The van der Waals surface area contributed by atoms with Gasteiger partial charge in [0, 0.05) is 18.2 Å². The van der Waals surface area contributed by atoms with Gasteiger partial charge in [0.2, 0.25) is 0 Å². The lowest BCUT2D eigenvalue weighted by molar-refractivity contribution is -0.140. The summed E-state index contributed by atoms with van der Waals surface area (Å²) in [5.74, 6) is -0.283. The number of rotatable bonds is 7. The summed E-state index contributed by atoms with van der Waals surface area (Å²) in [5.41, 5.74) is 2.03. The summed E-state index contributed by atoms with van der Waals surface area (Å²) in [5, 5.41) is 0.599. The highest BCUT2D eigenvalue weighted by atomic mass is 32.2. The lowest BCUT2D eigenvalue weighted by atomic mass is 10.1. The molecule has 144 valence electrons. The molecule has 1 aliphatic heterocycles. The standard InChI is InChI=1S/C20H24N2O3S2/c1-4-16(19(24)25-3)27-20-21-15-12-13(2)26-17(15)18(23)22(20)11-10-14-8-6-5-7-9-14/h5-9,13,16H,4,10-12H2,1-3H3/t13-,16-/m1/s1. The lowest BCUT2D eigenvalue weighted by Crippen LogP contribution is -2.28. The van der Waals surface area contributed by atoms with E-state index in [1.165, 1.54) is 24.4 Å². The van der Waals surface area contributed by atoms with E-state index in [9.17, 15) is 9.59 Å².